The second kappa shape index (κ2) is 8.28. The lowest BCUT2D eigenvalue weighted by Crippen LogP contribution is -2.28. The molecule has 0 amide bonds. The van der Waals surface area contributed by atoms with Gasteiger partial charge in [-0.1, -0.05) is 43.7 Å². The molecule has 0 aromatic heterocycles. The Balaban J connectivity index is 2.27. The minimum Gasteiger partial charge on any atom is -0.310 e. The SMILES string of the molecule is CCN(CC)CCCNC(C)c1cccc(C)c1. The molecule has 2 heteroatoms. The molecular formula is C16H28N2. The third kappa shape index (κ3) is 5.19. The lowest BCUT2D eigenvalue weighted by Gasteiger charge is -2.19. The number of hydrogen-bond acceptors (Lipinski definition) is 2. The Labute approximate surface area is 112 Å². The van der Waals surface area contributed by atoms with E-state index in [2.05, 4.69) is 62.2 Å². The minimum absolute atomic E-state index is 0.446. The van der Waals surface area contributed by atoms with E-state index in [1.54, 1.807) is 0 Å². The molecule has 0 aliphatic heterocycles. The summed E-state index contributed by atoms with van der Waals surface area (Å²) in [6.07, 6.45) is 1.22. The van der Waals surface area contributed by atoms with E-state index in [0.717, 1.165) is 19.6 Å². The normalized spacial score (nSPS) is 12.9. The Morgan fingerprint density at radius 3 is 2.56 bits per heavy atom. The van der Waals surface area contributed by atoms with Crippen molar-refractivity contribution < 1.29 is 0 Å². The Hall–Kier alpha value is -0.860. The molecule has 0 saturated carbocycles. The van der Waals surface area contributed by atoms with Crippen LogP contribution in [-0.4, -0.2) is 31.1 Å². The number of aryl methyl sites for hydroxylation is 1. The molecule has 0 saturated heterocycles. The largest absolute Gasteiger partial charge is 0.310 e. The van der Waals surface area contributed by atoms with Crippen LogP contribution in [0.1, 0.15) is 44.4 Å². The summed E-state index contributed by atoms with van der Waals surface area (Å²) in [5.74, 6) is 0. The molecule has 0 spiro atoms. The van der Waals surface area contributed by atoms with Gasteiger partial charge >= 0.3 is 0 Å². The van der Waals surface area contributed by atoms with Crippen LogP contribution in [-0.2, 0) is 0 Å². The van der Waals surface area contributed by atoms with Gasteiger partial charge in [0.2, 0.25) is 0 Å². The standard InChI is InChI=1S/C16H28N2/c1-5-18(6-2)12-8-11-17-15(4)16-10-7-9-14(3)13-16/h7,9-10,13,15,17H,5-6,8,11-12H2,1-4H3. The van der Waals surface area contributed by atoms with Gasteiger partial charge in [0.15, 0.2) is 0 Å². The topological polar surface area (TPSA) is 15.3 Å². The van der Waals surface area contributed by atoms with Crippen LogP contribution in [0.5, 0.6) is 0 Å². The summed E-state index contributed by atoms with van der Waals surface area (Å²) >= 11 is 0. The number of rotatable bonds is 8. The average Bonchev–Trinajstić information content (AvgIpc) is 2.38. The molecule has 0 heterocycles. The zero-order chi connectivity index (χ0) is 13.4. The van der Waals surface area contributed by atoms with E-state index in [1.165, 1.54) is 24.1 Å². The van der Waals surface area contributed by atoms with Gasteiger partial charge in [0.25, 0.3) is 0 Å². The van der Waals surface area contributed by atoms with E-state index in [1.807, 2.05) is 0 Å². The van der Waals surface area contributed by atoms with Crippen molar-refractivity contribution in [1.82, 2.24) is 10.2 Å². The van der Waals surface area contributed by atoms with Gasteiger partial charge in [0.05, 0.1) is 0 Å². The van der Waals surface area contributed by atoms with Gasteiger partial charge in [0.1, 0.15) is 0 Å². The van der Waals surface area contributed by atoms with Gasteiger partial charge in [-0.3, -0.25) is 0 Å². The van der Waals surface area contributed by atoms with E-state index in [0.29, 0.717) is 6.04 Å². The number of nitrogens with zero attached hydrogens (tertiary/aromatic N) is 1. The average molecular weight is 248 g/mol. The van der Waals surface area contributed by atoms with Crippen molar-refractivity contribution >= 4 is 0 Å². The molecular weight excluding hydrogens is 220 g/mol. The van der Waals surface area contributed by atoms with Crippen LogP contribution in [0.2, 0.25) is 0 Å². The maximum atomic E-state index is 3.60. The first kappa shape index (κ1) is 15.2. The van der Waals surface area contributed by atoms with Crippen LogP contribution in [0.3, 0.4) is 0 Å². The molecule has 1 aromatic carbocycles. The van der Waals surface area contributed by atoms with E-state index in [-0.39, 0.29) is 0 Å². The van der Waals surface area contributed by atoms with Gasteiger partial charge in [0, 0.05) is 6.04 Å². The van der Waals surface area contributed by atoms with Crippen LogP contribution in [0.25, 0.3) is 0 Å². The number of benzene rings is 1. The molecule has 1 atom stereocenters. The Morgan fingerprint density at radius 1 is 1.22 bits per heavy atom. The third-order valence-corrected chi connectivity index (χ3v) is 3.54. The number of nitrogens with one attached hydrogen (secondary N) is 1. The first-order chi connectivity index (χ1) is 8.67. The molecule has 102 valence electrons. The highest BCUT2D eigenvalue weighted by molar-refractivity contribution is 5.24. The maximum Gasteiger partial charge on any atom is 0.0291 e. The maximum absolute atomic E-state index is 3.60. The monoisotopic (exact) mass is 248 g/mol. The second-order valence-corrected chi connectivity index (χ2v) is 4.97. The predicted molar refractivity (Wildman–Crippen MR) is 80.0 cm³/mol. The zero-order valence-corrected chi connectivity index (χ0v) is 12.4. The molecule has 0 aliphatic rings. The van der Waals surface area contributed by atoms with Crippen molar-refractivity contribution in [2.24, 2.45) is 0 Å². The Bertz CT molecular complexity index is 332. The zero-order valence-electron chi connectivity index (χ0n) is 12.4. The Morgan fingerprint density at radius 2 is 1.94 bits per heavy atom. The third-order valence-electron chi connectivity index (χ3n) is 3.54. The van der Waals surface area contributed by atoms with Gasteiger partial charge in [-0.15, -0.1) is 0 Å². The van der Waals surface area contributed by atoms with E-state index >= 15 is 0 Å². The molecule has 1 N–H and O–H groups in total. The van der Waals surface area contributed by atoms with Crippen LogP contribution in [0.15, 0.2) is 24.3 Å². The highest BCUT2D eigenvalue weighted by Gasteiger charge is 2.04. The van der Waals surface area contributed by atoms with Crippen molar-refractivity contribution in [2.75, 3.05) is 26.2 Å². The van der Waals surface area contributed by atoms with E-state index in [4.69, 9.17) is 0 Å². The van der Waals surface area contributed by atoms with Crippen molar-refractivity contribution in [3.63, 3.8) is 0 Å². The van der Waals surface area contributed by atoms with Gasteiger partial charge in [-0.25, -0.2) is 0 Å². The summed E-state index contributed by atoms with van der Waals surface area (Å²) in [6, 6.07) is 9.20. The molecule has 1 rings (SSSR count). The molecule has 18 heavy (non-hydrogen) atoms. The summed E-state index contributed by atoms with van der Waals surface area (Å²) in [4.78, 5) is 2.47. The summed E-state index contributed by atoms with van der Waals surface area (Å²) < 4.78 is 0. The fraction of sp³-hybridized carbons (Fsp3) is 0.625. The lowest BCUT2D eigenvalue weighted by atomic mass is 10.1. The van der Waals surface area contributed by atoms with Crippen molar-refractivity contribution in [1.29, 1.82) is 0 Å². The lowest BCUT2D eigenvalue weighted by molar-refractivity contribution is 0.296. The van der Waals surface area contributed by atoms with Gasteiger partial charge in [-0.05, 0) is 52.0 Å². The van der Waals surface area contributed by atoms with Gasteiger partial charge in [-0.2, -0.15) is 0 Å². The van der Waals surface area contributed by atoms with Crippen molar-refractivity contribution in [3.8, 4) is 0 Å². The molecule has 2 nitrogen and oxygen atoms in total. The van der Waals surface area contributed by atoms with E-state index < -0.39 is 0 Å². The van der Waals surface area contributed by atoms with Crippen LogP contribution >= 0.6 is 0 Å². The first-order valence-electron chi connectivity index (χ1n) is 7.19. The molecule has 0 aliphatic carbocycles. The summed E-state index contributed by atoms with van der Waals surface area (Å²) in [5.41, 5.74) is 2.72. The fourth-order valence-corrected chi connectivity index (χ4v) is 2.22. The molecule has 0 radical (unpaired) electrons. The van der Waals surface area contributed by atoms with Crippen LogP contribution in [0, 0.1) is 6.92 Å². The van der Waals surface area contributed by atoms with Crippen molar-refractivity contribution in [2.45, 2.75) is 40.2 Å². The van der Waals surface area contributed by atoms with Crippen LogP contribution in [0.4, 0.5) is 0 Å². The molecule has 0 fully saturated rings. The van der Waals surface area contributed by atoms with Crippen LogP contribution < -0.4 is 5.32 Å². The van der Waals surface area contributed by atoms with Gasteiger partial charge < -0.3 is 10.2 Å². The van der Waals surface area contributed by atoms with E-state index in [9.17, 15) is 0 Å². The quantitative estimate of drug-likeness (QED) is 0.710. The summed E-state index contributed by atoms with van der Waals surface area (Å²) in [6.45, 7) is 13.4. The second-order valence-electron chi connectivity index (χ2n) is 4.97. The fourth-order valence-electron chi connectivity index (χ4n) is 2.22. The van der Waals surface area contributed by atoms with Crippen molar-refractivity contribution in [3.05, 3.63) is 35.4 Å². The highest BCUT2D eigenvalue weighted by atomic mass is 15.1. The number of hydrogen-bond donors (Lipinski definition) is 1. The minimum atomic E-state index is 0.446. The summed E-state index contributed by atoms with van der Waals surface area (Å²) in [5, 5.41) is 3.60. The predicted octanol–water partition coefficient (Wildman–Crippen LogP) is 3.38. The first-order valence-corrected chi connectivity index (χ1v) is 7.19. The molecule has 1 aromatic rings. The molecule has 1 unspecified atom stereocenters. The molecule has 0 bridgehead atoms. The smallest absolute Gasteiger partial charge is 0.0291 e. The highest BCUT2D eigenvalue weighted by Crippen LogP contribution is 2.13. The Kier molecular flexibility index (Phi) is 6.99. The summed E-state index contributed by atoms with van der Waals surface area (Å²) in [7, 11) is 0.